The van der Waals surface area contributed by atoms with Crippen LogP contribution < -0.4 is 0 Å². The highest BCUT2D eigenvalue weighted by Gasteiger charge is 2.19. The van der Waals surface area contributed by atoms with Crippen LogP contribution in [0.25, 0.3) is 0 Å². The van der Waals surface area contributed by atoms with E-state index in [2.05, 4.69) is 106 Å². The molecule has 0 aliphatic rings. The van der Waals surface area contributed by atoms with Crippen LogP contribution in [0.3, 0.4) is 0 Å². The van der Waals surface area contributed by atoms with Crippen LogP contribution in [-0.2, 0) is 28.6 Å². The number of hydrogen-bond donors (Lipinski definition) is 0. The average molecular weight is 905 g/mol. The highest BCUT2D eigenvalue weighted by molar-refractivity contribution is 5.71. The number of unbranched alkanes of at least 4 members (excludes halogenated alkanes) is 23. The van der Waals surface area contributed by atoms with Crippen LogP contribution in [0.2, 0.25) is 0 Å². The Morgan fingerprint density at radius 1 is 0.308 bits per heavy atom. The van der Waals surface area contributed by atoms with Crippen molar-refractivity contribution in [3.8, 4) is 0 Å². The number of carbonyl (C=O) groups is 3. The fourth-order valence-corrected chi connectivity index (χ4v) is 7.22. The van der Waals surface area contributed by atoms with Gasteiger partial charge >= 0.3 is 17.9 Å². The lowest BCUT2D eigenvalue weighted by atomic mass is 10.1. The Balaban J connectivity index is 4.49. The third kappa shape index (κ3) is 51.4. The largest absolute Gasteiger partial charge is 0.462 e. The first-order valence-electron chi connectivity index (χ1n) is 27.1. The predicted molar refractivity (Wildman–Crippen MR) is 279 cm³/mol. The second-order valence-electron chi connectivity index (χ2n) is 17.8. The molecule has 1 atom stereocenters. The van der Waals surface area contributed by atoms with Crippen molar-refractivity contribution in [1.82, 2.24) is 0 Å². The Morgan fingerprint density at radius 3 is 0.969 bits per heavy atom. The van der Waals surface area contributed by atoms with Crippen LogP contribution in [0.1, 0.15) is 252 Å². The predicted octanol–water partition coefficient (Wildman–Crippen LogP) is 18.0. The van der Waals surface area contributed by atoms with Crippen molar-refractivity contribution in [3.63, 3.8) is 0 Å². The topological polar surface area (TPSA) is 78.9 Å². The van der Waals surface area contributed by atoms with Crippen molar-refractivity contribution in [2.75, 3.05) is 13.2 Å². The fraction of sp³-hybridized carbons (Fsp3) is 0.712. The van der Waals surface area contributed by atoms with Gasteiger partial charge in [-0.05, 0) is 116 Å². The molecular formula is C59H100O6. The zero-order valence-electron chi connectivity index (χ0n) is 42.5. The number of carbonyl (C=O) groups excluding carboxylic acids is 3. The van der Waals surface area contributed by atoms with Gasteiger partial charge in [-0.25, -0.2) is 0 Å². The third-order valence-corrected chi connectivity index (χ3v) is 11.3. The molecule has 0 saturated carbocycles. The molecule has 0 fully saturated rings. The van der Waals surface area contributed by atoms with Crippen LogP contribution in [0.4, 0.5) is 0 Å². The lowest BCUT2D eigenvalue weighted by Gasteiger charge is -2.18. The molecule has 0 aromatic heterocycles. The maximum Gasteiger partial charge on any atom is 0.306 e. The van der Waals surface area contributed by atoms with E-state index in [-0.39, 0.29) is 37.5 Å². The van der Waals surface area contributed by atoms with Crippen LogP contribution in [0.5, 0.6) is 0 Å². The van der Waals surface area contributed by atoms with Gasteiger partial charge in [0.05, 0.1) is 0 Å². The minimum absolute atomic E-state index is 0.101. The zero-order valence-corrected chi connectivity index (χ0v) is 42.5. The van der Waals surface area contributed by atoms with E-state index in [4.69, 9.17) is 14.2 Å². The molecule has 0 N–H and O–H groups in total. The lowest BCUT2D eigenvalue weighted by Crippen LogP contribution is -2.30. The van der Waals surface area contributed by atoms with Gasteiger partial charge in [0, 0.05) is 19.3 Å². The summed E-state index contributed by atoms with van der Waals surface area (Å²) in [7, 11) is 0. The zero-order chi connectivity index (χ0) is 47.2. The minimum Gasteiger partial charge on any atom is -0.462 e. The molecule has 0 aromatic carbocycles. The molecule has 0 saturated heterocycles. The summed E-state index contributed by atoms with van der Waals surface area (Å²) in [6.45, 7) is 6.51. The molecule has 0 radical (unpaired) electrons. The van der Waals surface area contributed by atoms with Crippen molar-refractivity contribution >= 4 is 17.9 Å². The molecule has 0 amide bonds. The minimum atomic E-state index is -0.806. The van der Waals surface area contributed by atoms with E-state index in [0.717, 1.165) is 89.9 Å². The number of allylic oxidation sites excluding steroid dienone is 14. The maximum absolute atomic E-state index is 12.8. The van der Waals surface area contributed by atoms with Gasteiger partial charge in [0.1, 0.15) is 13.2 Å². The van der Waals surface area contributed by atoms with Crippen molar-refractivity contribution in [2.24, 2.45) is 0 Å². The molecule has 0 rings (SSSR count). The molecule has 6 heteroatoms. The Hall–Kier alpha value is -3.41. The second kappa shape index (κ2) is 53.2. The van der Waals surface area contributed by atoms with Gasteiger partial charge in [-0.2, -0.15) is 0 Å². The summed E-state index contributed by atoms with van der Waals surface area (Å²) >= 11 is 0. The third-order valence-electron chi connectivity index (χ3n) is 11.3. The number of rotatable bonds is 48. The normalized spacial score (nSPS) is 12.7. The Bertz CT molecular complexity index is 1270. The van der Waals surface area contributed by atoms with Crippen LogP contribution >= 0.6 is 0 Å². The highest BCUT2D eigenvalue weighted by atomic mass is 16.6. The summed E-state index contributed by atoms with van der Waals surface area (Å²) in [6.07, 6.45) is 68.5. The molecule has 372 valence electrons. The summed E-state index contributed by atoms with van der Waals surface area (Å²) in [5.74, 6) is -0.975. The van der Waals surface area contributed by atoms with Crippen LogP contribution in [-0.4, -0.2) is 37.2 Å². The van der Waals surface area contributed by atoms with Gasteiger partial charge in [0.2, 0.25) is 0 Å². The van der Waals surface area contributed by atoms with Crippen molar-refractivity contribution in [3.05, 3.63) is 85.1 Å². The summed E-state index contributed by atoms with van der Waals surface area (Å²) in [5.41, 5.74) is 0. The van der Waals surface area contributed by atoms with E-state index < -0.39 is 6.10 Å². The van der Waals surface area contributed by atoms with E-state index in [0.29, 0.717) is 19.3 Å². The Labute approximate surface area is 401 Å². The lowest BCUT2D eigenvalue weighted by molar-refractivity contribution is -0.167. The summed E-state index contributed by atoms with van der Waals surface area (Å²) in [4.78, 5) is 38.0. The molecule has 65 heavy (non-hydrogen) atoms. The number of hydrogen-bond acceptors (Lipinski definition) is 6. The molecule has 0 heterocycles. The van der Waals surface area contributed by atoms with E-state index in [9.17, 15) is 14.4 Å². The van der Waals surface area contributed by atoms with Crippen LogP contribution in [0, 0.1) is 0 Å². The molecule has 0 aromatic rings. The molecule has 0 aliphatic carbocycles. The van der Waals surface area contributed by atoms with Crippen LogP contribution in [0.15, 0.2) is 85.1 Å². The van der Waals surface area contributed by atoms with Gasteiger partial charge in [0.25, 0.3) is 0 Å². The summed E-state index contributed by atoms with van der Waals surface area (Å²) in [6, 6.07) is 0. The average Bonchev–Trinajstić information content (AvgIpc) is 3.30. The molecule has 6 nitrogen and oxygen atoms in total. The standard InChI is InChI=1S/C59H100O6/c1-4-7-10-13-16-19-22-25-27-29-31-34-37-40-43-46-49-52-58(61)64-55-56(54-63-57(60)51-48-45-42-39-36-33-24-21-18-15-12-9-6-3)65-59(62)53-50-47-44-41-38-35-32-30-28-26-23-20-17-14-11-8-5-2/h16-17,19-21,24-28,31,34,40,43,56H,4-15,18,22-23,29-30,32-33,35-39,41-42,44-55H2,1-3H3/b19-16-,20-17-,24-21-,27-25-,28-26-,34-31-,43-40-/t56-/m0/s1. The van der Waals surface area contributed by atoms with Crippen molar-refractivity contribution < 1.29 is 28.6 Å². The molecular weight excluding hydrogens is 805 g/mol. The van der Waals surface area contributed by atoms with E-state index in [1.165, 1.54) is 116 Å². The Morgan fingerprint density at radius 2 is 0.569 bits per heavy atom. The van der Waals surface area contributed by atoms with Gasteiger partial charge in [-0.3, -0.25) is 14.4 Å². The van der Waals surface area contributed by atoms with Gasteiger partial charge in [-0.15, -0.1) is 0 Å². The molecule has 0 aliphatic heterocycles. The Kier molecular flexibility index (Phi) is 50.4. The summed E-state index contributed by atoms with van der Waals surface area (Å²) < 4.78 is 16.8. The second-order valence-corrected chi connectivity index (χ2v) is 17.8. The quantitative estimate of drug-likeness (QED) is 0.0262. The molecule has 0 unspecified atom stereocenters. The first-order valence-corrected chi connectivity index (χ1v) is 27.1. The first kappa shape index (κ1) is 61.6. The smallest absolute Gasteiger partial charge is 0.306 e. The monoisotopic (exact) mass is 905 g/mol. The number of ether oxygens (including phenoxy) is 3. The first-order chi connectivity index (χ1) is 32.0. The maximum atomic E-state index is 12.8. The van der Waals surface area contributed by atoms with E-state index in [1.807, 2.05) is 0 Å². The molecule has 0 spiro atoms. The van der Waals surface area contributed by atoms with E-state index >= 15 is 0 Å². The fourth-order valence-electron chi connectivity index (χ4n) is 7.22. The van der Waals surface area contributed by atoms with E-state index in [1.54, 1.807) is 0 Å². The van der Waals surface area contributed by atoms with Crippen molar-refractivity contribution in [1.29, 1.82) is 0 Å². The van der Waals surface area contributed by atoms with Gasteiger partial charge in [-0.1, -0.05) is 202 Å². The SMILES string of the molecule is CCCCC/C=C\C/C=C\C/C=C\C/C=C\CCCC(=O)OC[C@H](COC(=O)CCCCCCC/C=C\CCCCCC)OC(=O)CCCCCCCCC/C=C\C/C=C\CCCCC. The van der Waals surface area contributed by atoms with Gasteiger partial charge < -0.3 is 14.2 Å². The molecule has 0 bridgehead atoms. The highest BCUT2D eigenvalue weighted by Crippen LogP contribution is 2.13. The number of esters is 3. The van der Waals surface area contributed by atoms with Crippen molar-refractivity contribution in [2.45, 2.75) is 258 Å². The summed E-state index contributed by atoms with van der Waals surface area (Å²) in [5, 5.41) is 0. The van der Waals surface area contributed by atoms with Gasteiger partial charge in [0.15, 0.2) is 6.10 Å².